The summed E-state index contributed by atoms with van der Waals surface area (Å²) in [6.07, 6.45) is 0. The molecule has 1 aromatic rings. The van der Waals surface area contributed by atoms with E-state index in [1.807, 2.05) is 0 Å². The summed E-state index contributed by atoms with van der Waals surface area (Å²) < 4.78 is 0.676. The van der Waals surface area contributed by atoms with Crippen molar-refractivity contribution in [3.05, 3.63) is 39.9 Å². The summed E-state index contributed by atoms with van der Waals surface area (Å²) in [5.74, 6) is 0. The van der Waals surface area contributed by atoms with E-state index in [-0.39, 0.29) is 10.6 Å². The third-order valence-corrected chi connectivity index (χ3v) is 2.15. The van der Waals surface area contributed by atoms with Crippen LogP contribution in [0.3, 0.4) is 0 Å². The second kappa shape index (κ2) is 3.66. The number of hydrogen-bond donors (Lipinski definition) is 0. The Labute approximate surface area is 77.7 Å². The number of nitro benzene ring substituents is 1. The average Bonchev–Trinajstić information content (AvgIpc) is 2.04. The van der Waals surface area contributed by atoms with E-state index in [0.29, 0.717) is 4.43 Å². The van der Waals surface area contributed by atoms with E-state index in [9.17, 15) is 10.1 Å². The summed E-state index contributed by atoms with van der Waals surface area (Å²) in [6.45, 7) is 0. The smallest absolute Gasteiger partial charge is 0.258 e. The van der Waals surface area contributed by atoms with Gasteiger partial charge in [0.05, 0.1) is 4.92 Å². The highest BCUT2D eigenvalue weighted by molar-refractivity contribution is 14.1. The molecule has 0 spiro atoms. The van der Waals surface area contributed by atoms with Gasteiger partial charge in [0.15, 0.2) is 0 Å². The van der Waals surface area contributed by atoms with Gasteiger partial charge in [-0.1, -0.05) is 40.8 Å². The average molecular weight is 263 g/mol. The summed E-state index contributed by atoms with van der Waals surface area (Å²) in [5.41, 5.74) is 0.986. The Kier molecular flexibility index (Phi) is 2.81. The number of nitro groups is 1. The molecular formula is C7H6INO2. The monoisotopic (exact) mass is 263 g/mol. The van der Waals surface area contributed by atoms with Crippen LogP contribution >= 0.6 is 22.6 Å². The molecule has 0 aliphatic heterocycles. The molecule has 4 heteroatoms. The molecule has 0 amide bonds. The molecule has 1 rings (SSSR count). The normalized spacial score (nSPS) is 9.55. The number of rotatable bonds is 2. The fraction of sp³-hybridized carbons (Fsp3) is 0.143. The first kappa shape index (κ1) is 8.45. The van der Waals surface area contributed by atoms with Crippen LogP contribution in [0.2, 0.25) is 0 Å². The Balaban J connectivity index is 3.12. The Morgan fingerprint density at radius 2 is 2.09 bits per heavy atom. The fourth-order valence-corrected chi connectivity index (χ4v) is 1.45. The molecule has 58 valence electrons. The van der Waals surface area contributed by atoms with Crippen LogP contribution in [0.5, 0.6) is 0 Å². The minimum Gasteiger partial charge on any atom is -0.258 e. The van der Waals surface area contributed by atoms with Crippen LogP contribution in [0.1, 0.15) is 5.56 Å². The number of benzene rings is 1. The molecule has 0 radical (unpaired) electrons. The maximum atomic E-state index is 10.4. The second-order valence-electron chi connectivity index (χ2n) is 2.02. The Morgan fingerprint density at radius 1 is 1.45 bits per heavy atom. The topological polar surface area (TPSA) is 43.1 Å². The predicted molar refractivity (Wildman–Crippen MR) is 50.8 cm³/mol. The first-order valence-electron chi connectivity index (χ1n) is 3.04. The first-order valence-corrected chi connectivity index (χ1v) is 4.56. The van der Waals surface area contributed by atoms with E-state index in [4.69, 9.17) is 0 Å². The maximum Gasteiger partial charge on any atom is 0.273 e. The van der Waals surface area contributed by atoms with E-state index >= 15 is 0 Å². The Bertz CT molecular complexity index is 275. The molecule has 0 atom stereocenters. The predicted octanol–water partition coefficient (Wildman–Crippen LogP) is 2.53. The lowest BCUT2D eigenvalue weighted by Gasteiger charge is -1.95. The van der Waals surface area contributed by atoms with Crippen molar-refractivity contribution >= 4 is 28.3 Å². The van der Waals surface area contributed by atoms with E-state index in [0.717, 1.165) is 5.56 Å². The van der Waals surface area contributed by atoms with Crippen LogP contribution in [-0.4, -0.2) is 4.92 Å². The molecule has 0 N–H and O–H groups in total. The summed E-state index contributed by atoms with van der Waals surface area (Å²) >= 11 is 2.11. The van der Waals surface area contributed by atoms with Crippen LogP contribution in [-0.2, 0) is 4.43 Å². The van der Waals surface area contributed by atoms with Crippen molar-refractivity contribution in [1.82, 2.24) is 0 Å². The van der Waals surface area contributed by atoms with Gasteiger partial charge in [-0.2, -0.15) is 0 Å². The number of para-hydroxylation sites is 1. The van der Waals surface area contributed by atoms with Crippen LogP contribution < -0.4 is 0 Å². The Hall–Kier alpha value is -0.650. The highest BCUT2D eigenvalue weighted by Gasteiger charge is 2.09. The van der Waals surface area contributed by atoms with Gasteiger partial charge in [-0.05, 0) is 0 Å². The molecule has 1 aromatic carbocycles. The van der Waals surface area contributed by atoms with Gasteiger partial charge >= 0.3 is 0 Å². The zero-order valence-electron chi connectivity index (χ0n) is 5.66. The molecule has 0 aliphatic rings. The summed E-state index contributed by atoms with van der Waals surface area (Å²) in [5, 5.41) is 10.4. The third kappa shape index (κ3) is 1.89. The van der Waals surface area contributed by atoms with Crippen molar-refractivity contribution in [3.63, 3.8) is 0 Å². The minimum absolute atomic E-state index is 0.210. The SMILES string of the molecule is O=[N+]([O-])c1ccccc1CI. The summed E-state index contributed by atoms with van der Waals surface area (Å²) in [4.78, 5) is 10.0. The standard InChI is InChI=1S/C7H6INO2/c8-5-6-3-1-2-4-7(6)9(10)11/h1-4H,5H2. The van der Waals surface area contributed by atoms with Crippen molar-refractivity contribution in [2.75, 3.05) is 0 Å². The number of halogens is 1. The number of hydrogen-bond acceptors (Lipinski definition) is 2. The van der Waals surface area contributed by atoms with Gasteiger partial charge in [0, 0.05) is 16.1 Å². The highest BCUT2D eigenvalue weighted by atomic mass is 127. The van der Waals surface area contributed by atoms with Gasteiger partial charge in [-0.3, -0.25) is 10.1 Å². The van der Waals surface area contributed by atoms with Gasteiger partial charge in [-0.25, -0.2) is 0 Å². The van der Waals surface area contributed by atoms with Gasteiger partial charge in [0.25, 0.3) is 5.69 Å². The fourth-order valence-electron chi connectivity index (χ4n) is 0.802. The molecule has 0 saturated carbocycles. The lowest BCUT2D eigenvalue weighted by molar-refractivity contribution is -0.385. The van der Waals surface area contributed by atoms with Gasteiger partial charge < -0.3 is 0 Å². The van der Waals surface area contributed by atoms with Crippen molar-refractivity contribution < 1.29 is 4.92 Å². The van der Waals surface area contributed by atoms with Crippen LogP contribution in [0.4, 0.5) is 5.69 Å². The quantitative estimate of drug-likeness (QED) is 0.356. The number of alkyl halides is 1. The molecule has 0 unspecified atom stereocenters. The van der Waals surface area contributed by atoms with E-state index < -0.39 is 0 Å². The van der Waals surface area contributed by atoms with Crippen LogP contribution in [0.25, 0.3) is 0 Å². The molecule has 0 aliphatic carbocycles. The maximum absolute atomic E-state index is 10.4. The minimum atomic E-state index is -0.353. The Morgan fingerprint density at radius 3 is 2.55 bits per heavy atom. The molecule has 0 bridgehead atoms. The summed E-state index contributed by atoms with van der Waals surface area (Å²) in [7, 11) is 0. The summed E-state index contributed by atoms with van der Waals surface area (Å²) in [6, 6.07) is 6.77. The molecule has 0 saturated heterocycles. The molecular weight excluding hydrogens is 257 g/mol. The zero-order valence-corrected chi connectivity index (χ0v) is 7.82. The zero-order chi connectivity index (χ0) is 8.27. The largest absolute Gasteiger partial charge is 0.273 e. The second-order valence-corrected chi connectivity index (χ2v) is 2.78. The van der Waals surface area contributed by atoms with Gasteiger partial charge in [0.2, 0.25) is 0 Å². The van der Waals surface area contributed by atoms with E-state index in [2.05, 4.69) is 22.6 Å². The van der Waals surface area contributed by atoms with Crippen molar-refractivity contribution in [2.45, 2.75) is 4.43 Å². The molecule has 0 fully saturated rings. The van der Waals surface area contributed by atoms with Crippen LogP contribution in [0, 0.1) is 10.1 Å². The van der Waals surface area contributed by atoms with Crippen molar-refractivity contribution in [1.29, 1.82) is 0 Å². The van der Waals surface area contributed by atoms with E-state index in [1.165, 1.54) is 6.07 Å². The van der Waals surface area contributed by atoms with Crippen molar-refractivity contribution in [3.8, 4) is 0 Å². The first-order chi connectivity index (χ1) is 5.25. The highest BCUT2D eigenvalue weighted by Crippen LogP contribution is 2.19. The number of nitrogens with zero attached hydrogens (tertiary/aromatic N) is 1. The molecule has 11 heavy (non-hydrogen) atoms. The van der Waals surface area contributed by atoms with Gasteiger partial charge in [0.1, 0.15) is 0 Å². The lowest BCUT2D eigenvalue weighted by atomic mass is 10.2. The molecule has 3 nitrogen and oxygen atoms in total. The molecule has 0 heterocycles. The van der Waals surface area contributed by atoms with E-state index in [1.54, 1.807) is 18.2 Å². The van der Waals surface area contributed by atoms with Crippen molar-refractivity contribution in [2.24, 2.45) is 0 Å². The van der Waals surface area contributed by atoms with Crippen LogP contribution in [0.15, 0.2) is 24.3 Å². The third-order valence-electron chi connectivity index (χ3n) is 1.33. The molecule has 0 aromatic heterocycles. The van der Waals surface area contributed by atoms with Gasteiger partial charge in [-0.15, -0.1) is 0 Å². The lowest BCUT2D eigenvalue weighted by Crippen LogP contribution is -1.91.